The molecule has 0 bridgehead atoms. The molecule has 0 radical (unpaired) electrons. The summed E-state index contributed by atoms with van der Waals surface area (Å²) in [6, 6.07) is 12.2. The van der Waals surface area contributed by atoms with Crippen LogP contribution in [0.5, 0.6) is 0 Å². The van der Waals surface area contributed by atoms with Crippen LogP contribution in [0.25, 0.3) is 6.08 Å². The monoisotopic (exact) mass is 281 g/mol. The van der Waals surface area contributed by atoms with Gasteiger partial charge in [-0.15, -0.1) is 0 Å². The van der Waals surface area contributed by atoms with Crippen LogP contribution in [0.2, 0.25) is 0 Å². The van der Waals surface area contributed by atoms with Gasteiger partial charge in [0.15, 0.2) is 0 Å². The molecule has 0 amide bonds. The first-order chi connectivity index (χ1) is 10.2. The van der Waals surface area contributed by atoms with Crippen LogP contribution in [0.1, 0.15) is 25.8 Å². The molecule has 0 fully saturated rings. The van der Waals surface area contributed by atoms with E-state index in [1.165, 1.54) is 0 Å². The van der Waals surface area contributed by atoms with Crippen LogP contribution in [-0.4, -0.2) is 12.6 Å². The number of carbonyl (C=O) groups excluding carboxylic acids is 1. The molecule has 1 aliphatic rings. The van der Waals surface area contributed by atoms with Crippen LogP contribution in [0, 0.1) is 23.2 Å². The van der Waals surface area contributed by atoms with Crippen molar-refractivity contribution in [1.29, 1.82) is 5.26 Å². The molecule has 0 N–H and O–H groups in total. The van der Waals surface area contributed by atoms with Gasteiger partial charge in [0, 0.05) is 0 Å². The summed E-state index contributed by atoms with van der Waals surface area (Å²) in [6.45, 7) is 4.11. The minimum Gasteiger partial charge on any atom is -0.466 e. The molecule has 2 atom stereocenters. The average Bonchev–Trinajstić information content (AvgIpc) is 2.50. The maximum atomic E-state index is 12.0. The van der Waals surface area contributed by atoms with Crippen LogP contribution < -0.4 is 0 Å². The van der Waals surface area contributed by atoms with Crippen molar-refractivity contribution in [3.05, 3.63) is 53.1 Å². The second-order valence-corrected chi connectivity index (χ2v) is 5.15. The molecule has 3 heteroatoms. The molecule has 0 saturated carbocycles. The largest absolute Gasteiger partial charge is 0.466 e. The van der Waals surface area contributed by atoms with Crippen molar-refractivity contribution in [3.8, 4) is 6.07 Å². The number of nitrogens with zero attached hydrogens (tertiary/aromatic N) is 1. The number of allylic oxidation sites excluding steroid dienone is 3. The van der Waals surface area contributed by atoms with Gasteiger partial charge in [0.05, 0.1) is 24.5 Å². The number of rotatable bonds is 3. The van der Waals surface area contributed by atoms with Gasteiger partial charge in [-0.2, -0.15) is 5.26 Å². The van der Waals surface area contributed by atoms with Crippen LogP contribution in [0.15, 0.2) is 47.6 Å². The molecule has 2 rings (SSSR count). The SMILES string of the molecule is CCOC(=O)C1C/C(=C/c2ccccc2)C(C)=CC1C#N. The quantitative estimate of drug-likeness (QED) is 0.793. The maximum absolute atomic E-state index is 12.0. The predicted molar refractivity (Wildman–Crippen MR) is 82.0 cm³/mol. The highest BCUT2D eigenvalue weighted by molar-refractivity contribution is 5.76. The molecular weight excluding hydrogens is 262 g/mol. The molecule has 0 heterocycles. The van der Waals surface area contributed by atoms with Gasteiger partial charge < -0.3 is 4.74 Å². The van der Waals surface area contributed by atoms with E-state index in [-0.39, 0.29) is 5.97 Å². The molecule has 108 valence electrons. The lowest BCUT2D eigenvalue weighted by atomic mass is 9.78. The minimum atomic E-state index is -0.409. The Morgan fingerprint density at radius 2 is 2.14 bits per heavy atom. The van der Waals surface area contributed by atoms with Crippen molar-refractivity contribution in [3.63, 3.8) is 0 Å². The Balaban J connectivity index is 2.31. The van der Waals surface area contributed by atoms with Crippen LogP contribution in [0.3, 0.4) is 0 Å². The number of ether oxygens (including phenoxy) is 1. The fourth-order valence-corrected chi connectivity index (χ4v) is 2.55. The first kappa shape index (κ1) is 15.1. The van der Waals surface area contributed by atoms with E-state index in [0.717, 1.165) is 16.7 Å². The Morgan fingerprint density at radius 1 is 1.43 bits per heavy atom. The highest BCUT2D eigenvalue weighted by atomic mass is 16.5. The molecule has 0 saturated heterocycles. The predicted octanol–water partition coefficient (Wildman–Crippen LogP) is 3.74. The third kappa shape index (κ3) is 3.61. The van der Waals surface area contributed by atoms with Gasteiger partial charge in [0.1, 0.15) is 0 Å². The van der Waals surface area contributed by atoms with Crippen molar-refractivity contribution in [2.24, 2.45) is 11.8 Å². The summed E-state index contributed by atoms with van der Waals surface area (Å²) in [4.78, 5) is 12.0. The van der Waals surface area contributed by atoms with E-state index in [2.05, 4.69) is 12.1 Å². The Kier molecular flexibility index (Phi) is 4.94. The van der Waals surface area contributed by atoms with E-state index < -0.39 is 11.8 Å². The zero-order chi connectivity index (χ0) is 15.2. The number of carbonyl (C=O) groups is 1. The number of benzene rings is 1. The van der Waals surface area contributed by atoms with E-state index in [4.69, 9.17) is 4.74 Å². The zero-order valence-electron chi connectivity index (χ0n) is 12.4. The van der Waals surface area contributed by atoms with E-state index in [9.17, 15) is 10.1 Å². The third-order valence-electron chi connectivity index (χ3n) is 3.69. The first-order valence-corrected chi connectivity index (χ1v) is 7.16. The second-order valence-electron chi connectivity index (χ2n) is 5.15. The molecule has 1 aromatic rings. The van der Waals surface area contributed by atoms with Crippen LogP contribution in [-0.2, 0) is 9.53 Å². The van der Waals surface area contributed by atoms with Crippen LogP contribution in [0.4, 0.5) is 0 Å². The van der Waals surface area contributed by atoms with Crippen molar-refractivity contribution in [1.82, 2.24) is 0 Å². The lowest BCUT2D eigenvalue weighted by Crippen LogP contribution is -2.27. The number of nitriles is 1. The summed E-state index contributed by atoms with van der Waals surface area (Å²) in [5, 5.41) is 9.25. The third-order valence-corrected chi connectivity index (χ3v) is 3.69. The molecule has 0 spiro atoms. The first-order valence-electron chi connectivity index (χ1n) is 7.16. The average molecular weight is 281 g/mol. The highest BCUT2D eigenvalue weighted by Gasteiger charge is 2.33. The molecule has 0 aromatic heterocycles. The van der Waals surface area contributed by atoms with Crippen LogP contribution >= 0.6 is 0 Å². The van der Waals surface area contributed by atoms with E-state index in [0.29, 0.717) is 13.0 Å². The summed E-state index contributed by atoms with van der Waals surface area (Å²) in [7, 11) is 0. The fourth-order valence-electron chi connectivity index (χ4n) is 2.55. The van der Waals surface area contributed by atoms with Gasteiger partial charge in [-0.3, -0.25) is 4.79 Å². The van der Waals surface area contributed by atoms with E-state index in [1.54, 1.807) is 6.92 Å². The summed E-state index contributed by atoms with van der Waals surface area (Å²) in [5.41, 5.74) is 3.25. The van der Waals surface area contributed by atoms with E-state index in [1.807, 2.05) is 43.3 Å². The molecule has 0 aliphatic heterocycles. The zero-order valence-corrected chi connectivity index (χ0v) is 12.4. The highest BCUT2D eigenvalue weighted by Crippen LogP contribution is 2.34. The molecular formula is C18H19NO2. The minimum absolute atomic E-state index is 0.285. The van der Waals surface area contributed by atoms with Gasteiger partial charge in [-0.05, 0) is 31.4 Å². The van der Waals surface area contributed by atoms with Crippen molar-refractivity contribution in [2.45, 2.75) is 20.3 Å². The molecule has 1 aliphatic carbocycles. The lowest BCUT2D eigenvalue weighted by molar-refractivity contribution is -0.148. The standard InChI is InChI=1S/C18H19NO2/c1-3-21-18(20)17-11-15(13(2)9-16(17)12-19)10-14-7-5-4-6-8-14/h4-10,16-17H,3,11H2,1-2H3/b15-10-. The number of esters is 1. The maximum Gasteiger partial charge on any atom is 0.310 e. The molecule has 21 heavy (non-hydrogen) atoms. The second kappa shape index (κ2) is 6.90. The van der Waals surface area contributed by atoms with Gasteiger partial charge >= 0.3 is 5.97 Å². The Labute approximate surface area is 125 Å². The van der Waals surface area contributed by atoms with Crippen molar-refractivity contribution in [2.75, 3.05) is 6.61 Å². The normalized spacial score (nSPS) is 23.3. The number of hydrogen-bond acceptors (Lipinski definition) is 3. The Morgan fingerprint density at radius 3 is 2.76 bits per heavy atom. The summed E-state index contributed by atoms with van der Waals surface area (Å²) < 4.78 is 5.10. The smallest absolute Gasteiger partial charge is 0.310 e. The van der Waals surface area contributed by atoms with E-state index >= 15 is 0 Å². The van der Waals surface area contributed by atoms with Gasteiger partial charge in [0.2, 0.25) is 0 Å². The lowest BCUT2D eigenvalue weighted by Gasteiger charge is -2.25. The van der Waals surface area contributed by atoms with Gasteiger partial charge in [-0.1, -0.05) is 48.1 Å². The van der Waals surface area contributed by atoms with Crippen molar-refractivity contribution < 1.29 is 9.53 Å². The summed E-state index contributed by atoms with van der Waals surface area (Å²) in [6.07, 6.45) is 4.50. The van der Waals surface area contributed by atoms with Gasteiger partial charge in [-0.25, -0.2) is 0 Å². The fraction of sp³-hybridized carbons (Fsp3) is 0.333. The molecule has 1 aromatic carbocycles. The Bertz CT molecular complexity index is 608. The Hall–Kier alpha value is -2.34. The summed E-state index contributed by atoms with van der Waals surface area (Å²) >= 11 is 0. The number of hydrogen-bond donors (Lipinski definition) is 0. The van der Waals surface area contributed by atoms with Crippen molar-refractivity contribution >= 4 is 12.0 Å². The van der Waals surface area contributed by atoms with Gasteiger partial charge in [0.25, 0.3) is 0 Å². The summed E-state index contributed by atoms with van der Waals surface area (Å²) in [5.74, 6) is -1.10. The molecule has 2 unspecified atom stereocenters. The topological polar surface area (TPSA) is 50.1 Å². The molecule has 3 nitrogen and oxygen atoms in total.